The van der Waals surface area contributed by atoms with Crippen molar-refractivity contribution < 1.29 is 0 Å². The van der Waals surface area contributed by atoms with E-state index in [0.717, 1.165) is 5.56 Å². The Hall–Kier alpha value is -1.60. The van der Waals surface area contributed by atoms with Crippen molar-refractivity contribution in [3.8, 4) is 0 Å². The Bertz CT molecular complexity index is 446. The minimum absolute atomic E-state index is 0.520. The largest absolute Gasteiger partial charge is 0.244 e. The van der Waals surface area contributed by atoms with E-state index in [2.05, 4.69) is 17.1 Å². The van der Waals surface area contributed by atoms with Crippen LogP contribution in [-0.4, -0.2) is 4.98 Å². The monoisotopic (exact) mass is 215 g/mol. The van der Waals surface area contributed by atoms with E-state index >= 15 is 0 Å². The van der Waals surface area contributed by atoms with Gasteiger partial charge in [0.1, 0.15) is 5.15 Å². The van der Waals surface area contributed by atoms with E-state index in [1.165, 1.54) is 5.56 Å². The van der Waals surface area contributed by atoms with Crippen molar-refractivity contribution in [3.63, 3.8) is 0 Å². The highest BCUT2D eigenvalue weighted by atomic mass is 35.5. The average molecular weight is 216 g/mol. The predicted octanol–water partition coefficient (Wildman–Crippen LogP) is 3.91. The van der Waals surface area contributed by atoms with Gasteiger partial charge in [0.25, 0.3) is 0 Å². The van der Waals surface area contributed by atoms with E-state index in [9.17, 15) is 0 Å². The smallest absolute Gasteiger partial charge is 0.129 e. The van der Waals surface area contributed by atoms with Crippen molar-refractivity contribution in [2.24, 2.45) is 0 Å². The van der Waals surface area contributed by atoms with Crippen LogP contribution in [0.2, 0.25) is 5.15 Å². The Morgan fingerprint density at radius 1 is 0.867 bits per heavy atom. The van der Waals surface area contributed by atoms with Gasteiger partial charge in [0.2, 0.25) is 0 Å². The van der Waals surface area contributed by atoms with Crippen LogP contribution in [0.15, 0.2) is 48.7 Å². The Balaban J connectivity index is 2.15. The fraction of sp³-hybridized carbons (Fsp3) is 0. The molecule has 0 unspecified atom stereocenters. The minimum Gasteiger partial charge on any atom is -0.244 e. The SMILES string of the molecule is Clc1ccc(C=Cc2ccccc2)cn1. The lowest BCUT2D eigenvalue weighted by atomic mass is 10.2. The quantitative estimate of drug-likeness (QED) is 0.693. The molecule has 74 valence electrons. The molecule has 0 spiro atoms. The summed E-state index contributed by atoms with van der Waals surface area (Å²) in [6, 6.07) is 13.9. The van der Waals surface area contributed by atoms with Crippen LogP contribution in [0.25, 0.3) is 12.2 Å². The lowest BCUT2D eigenvalue weighted by molar-refractivity contribution is 1.32. The normalized spacial score (nSPS) is 10.7. The molecule has 1 aromatic carbocycles. The van der Waals surface area contributed by atoms with Crippen molar-refractivity contribution in [1.82, 2.24) is 4.98 Å². The van der Waals surface area contributed by atoms with Crippen LogP contribution in [0.5, 0.6) is 0 Å². The Kier molecular flexibility index (Phi) is 3.15. The molecule has 0 saturated heterocycles. The summed E-state index contributed by atoms with van der Waals surface area (Å²) in [6.45, 7) is 0. The number of halogens is 1. The van der Waals surface area contributed by atoms with Gasteiger partial charge in [-0.05, 0) is 17.2 Å². The third-order valence-corrected chi connectivity index (χ3v) is 2.24. The van der Waals surface area contributed by atoms with Gasteiger partial charge in [-0.1, -0.05) is 60.2 Å². The number of rotatable bonds is 2. The van der Waals surface area contributed by atoms with Crippen LogP contribution in [-0.2, 0) is 0 Å². The van der Waals surface area contributed by atoms with Crippen molar-refractivity contribution in [2.75, 3.05) is 0 Å². The summed E-state index contributed by atoms with van der Waals surface area (Å²) in [5.74, 6) is 0. The van der Waals surface area contributed by atoms with Gasteiger partial charge in [-0.3, -0.25) is 0 Å². The van der Waals surface area contributed by atoms with Gasteiger partial charge in [-0.15, -0.1) is 0 Å². The summed E-state index contributed by atoms with van der Waals surface area (Å²) in [6.07, 6.45) is 5.81. The molecule has 2 rings (SSSR count). The predicted molar refractivity (Wildman–Crippen MR) is 64.6 cm³/mol. The number of benzene rings is 1. The van der Waals surface area contributed by atoms with Gasteiger partial charge in [-0.2, -0.15) is 0 Å². The molecule has 0 aliphatic rings. The Morgan fingerprint density at radius 2 is 1.60 bits per heavy atom. The Labute approximate surface area is 94.1 Å². The second-order valence-electron chi connectivity index (χ2n) is 3.16. The Morgan fingerprint density at radius 3 is 2.27 bits per heavy atom. The van der Waals surface area contributed by atoms with Gasteiger partial charge < -0.3 is 0 Å². The van der Waals surface area contributed by atoms with Crippen molar-refractivity contribution in [1.29, 1.82) is 0 Å². The second-order valence-corrected chi connectivity index (χ2v) is 3.55. The molecule has 2 aromatic rings. The zero-order chi connectivity index (χ0) is 10.5. The molecule has 0 saturated carbocycles. The van der Waals surface area contributed by atoms with Gasteiger partial charge >= 0.3 is 0 Å². The maximum Gasteiger partial charge on any atom is 0.129 e. The van der Waals surface area contributed by atoms with Crippen LogP contribution in [0, 0.1) is 0 Å². The zero-order valence-electron chi connectivity index (χ0n) is 8.10. The van der Waals surface area contributed by atoms with Crippen LogP contribution >= 0.6 is 11.6 Å². The van der Waals surface area contributed by atoms with Crippen LogP contribution in [0.3, 0.4) is 0 Å². The molecule has 0 aliphatic carbocycles. The van der Waals surface area contributed by atoms with Crippen LogP contribution in [0.4, 0.5) is 0 Å². The zero-order valence-corrected chi connectivity index (χ0v) is 8.85. The average Bonchev–Trinajstić information content (AvgIpc) is 2.30. The standard InChI is InChI=1S/C13H10ClN/c14-13-9-8-12(10-15-13)7-6-11-4-2-1-3-5-11/h1-10H. The number of hydrogen-bond acceptors (Lipinski definition) is 1. The third-order valence-electron chi connectivity index (χ3n) is 2.02. The first-order valence-corrected chi connectivity index (χ1v) is 5.07. The van der Waals surface area contributed by atoms with Crippen LogP contribution in [0.1, 0.15) is 11.1 Å². The third kappa shape index (κ3) is 2.93. The molecule has 15 heavy (non-hydrogen) atoms. The maximum atomic E-state index is 5.69. The first-order chi connectivity index (χ1) is 7.34. The van der Waals surface area contributed by atoms with E-state index < -0.39 is 0 Å². The molecule has 0 N–H and O–H groups in total. The first kappa shape index (κ1) is 9.94. The van der Waals surface area contributed by atoms with Crippen molar-refractivity contribution in [2.45, 2.75) is 0 Å². The van der Waals surface area contributed by atoms with E-state index in [0.29, 0.717) is 5.15 Å². The summed E-state index contributed by atoms with van der Waals surface area (Å²) in [5, 5.41) is 0.520. The van der Waals surface area contributed by atoms with Gasteiger partial charge in [0, 0.05) is 6.20 Å². The van der Waals surface area contributed by atoms with Crippen LogP contribution < -0.4 is 0 Å². The number of pyridine rings is 1. The topological polar surface area (TPSA) is 12.9 Å². The second kappa shape index (κ2) is 4.76. The lowest BCUT2D eigenvalue weighted by Crippen LogP contribution is -1.76. The molecule has 0 amide bonds. The molecule has 0 radical (unpaired) electrons. The van der Waals surface area contributed by atoms with E-state index in [1.54, 1.807) is 12.3 Å². The molecule has 2 heteroatoms. The lowest BCUT2D eigenvalue weighted by Gasteiger charge is -1.93. The molecular weight excluding hydrogens is 206 g/mol. The molecule has 0 fully saturated rings. The van der Waals surface area contributed by atoms with E-state index in [-0.39, 0.29) is 0 Å². The number of nitrogens with zero attached hydrogens (tertiary/aromatic N) is 1. The fourth-order valence-electron chi connectivity index (χ4n) is 1.24. The fourth-order valence-corrected chi connectivity index (χ4v) is 1.35. The highest BCUT2D eigenvalue weighted by Crippen LogP contribution is 2.09. The minimum atomic E-state index is 0.520. The highest BCUT2D eigenvalue weighted by molar-refractivity contribution is 6.29. The summed E-state index contributed by atoms with van der Waals surface area (Å²) in [4.78, 5) is 4.01. The molecule has 1 heterocycles. The highest BCUT2D eigenvalue weighted by Gasteiger charge is 1.89. The van der Waals surface area contributed by atoms with E-state index in [4.69, 9.17) is 11.6 Å². The summed E-state index contributed by atoms with van der Waals surface area (Å²) >= 11 is 5.69. The summed E-state index contributed by atoms with van der Waals surface area (Å²) in [7, 11) is 0. The van der Waals surface area contributed by atoms with Crippen molar-refractivity contribution >= 4 is 23.8 Å². The molecule has 1 nitrogen and oxygen atoms in total. The molecular formula is C13H10ClN. The van der Waals surface area contributed by atoms with Gasteiger partial charge in [0.05, 0.1) is 0 Å². The van der Waals surface area contributed by atoms with Crippen molar-refractivity contribution in [3.05, 3.63) is 64.9 Å². The molecule has 1 aromatic heterocycles. The first-order valence-electron chi connectivity index (χ1n) is 4.69. The molecule has 0 aliphatic heterocycles. The summed E-state index contributed by atoms with van der Waals surface area (Å²) < 4.78 is 0. The maximum absolute atomic E-state index is 5.69. The molecule has 0 bridgehead atoms. The summed E-state index contributed by atoms with van der Waals surface area (Å²) in [5.41, 5.74) is 2.22. The van der Waals surface area contributed by atoms with Gasteiger partial charge in [-0.25, -0.2) is 4.98 Å². The number of aromatic nitrogens is 1. The van der Waals surface area contributed by atoms with E-state index in [1.807, 2.05) is 36.4 Å². The molecule has 0 atom stereocenters. The number of hydrogen-bond donors (Lipinski definition) is 0. The van der Waals surface area contributed by atoms with Gasteiger partial charge in [0.15, 0.2) is 0 Å².